The molecule has 0 unspecified atom stereocenters. The summed E-state index contributed by atoms with van der Waals surface area (Å²) >= 11 is -2.31. The van der Waals surface area contributed by atoms with Crippen molar-refractivity contribution in [2.45, 2.75) is 0 Å². The molecule has 0 atom stereocenters. The van der Waals surface area contributed by atoms with Crippen molar-refractivity contribution < 1.29 is 25.7 Å². The predicted octanol–water partition coefficient (Wildman–Crippen LogP) is 2.52. The van der Waals surface area contributed by atoms with Gasteiger partial charge in [-0.2, -0.15) is 0 Å². The molecular weight excluding hydrogens is 257 g/mol. The molecule has 0 saturated carbocycles. The molecule has 0 heterocycles. The fourth-order valence-corrected chi connectivity index (χ4v) is 0. The normalized spacial score (nSPS) is 5.40. The Morgan fingerprint density at radius 3 is 1.00 bits per heavy atom. The van der Waals surface area contributed by atoms with Gasteiger partial charge in [0.2, 0.25) is 0 Å². The third-order valence-corrected chi connectivity index (χ3v) is 0. The molecule has 0 radical (unpaired) electrons. The summed E-state index contributed by atoms with van der Waals surface area (Å²) in [5, 5.41) is 0. The van der Waals surface area contributed by atoms with E-state index in [0.717, 1.165) is 0 Å². The van der Waals surface area contributed by atoms with Crippen molar-refractivity contribution in [1.29, 1.82) is 0 Å². The molecule has 0 aliphatic rings. The average molecular weight is 260 g/mol. The van der Waals surface area contributed by atoms with Gasteiger partial charge in [0, 0.05) is 0 Å². The molecule has 0 aliphatic heterocycles. The molecule has 5 heavy (non-hydrogen) atoms. The van der Waals surface area contributed by atoms with E-state index in [4.69, 9.17) is 20.4 Å². The second kappa shape index (κ2) is 6.06. The molecule has 0 aliphatic carbocycles. The van der Waals surface area contributed by atoms with Crippen molar-refractivity contribution >= 4 is 20.4 Å². The summed E-state index contributed by atoms with van der Waals surface area (Å²) in [5.41, 5.74) is 0. The molecule has 0 N–H and O–H groups in total. The SMILES string of the molecule is [CH3-].[Cl][La]([Cl])[Cl]. The van der Waals surface area contributed by atoms with E-state index in [-0.39, 0.29) is 7.43 Å². The van der Waals surface area contributed by atoms with E-state index in [1.807, 2.05) is 0 Å². The van der Waals surface area contributed by atoms with Crippen molar-refractivity contribution in [3.8, 4) is 0 Å². The maximum absolute atomic E-state index is 5.03. The van der Waals surface area contributed by atoms with Gasteiger partial charge in [-0.3, -0.25) is 0 Å². The maximum atomic E-state index is 5.03. The van der Waals surface area contributed by atoms with Gasteiger partial charge >= 0.3 is 46.0 Å². The monoisotopic (exact) mass is 259 g/mol. The first kappa shape index (κ1) is 10.1. The van der Waals surface area contributed by atoms with Gasteiger partial charge in [-0.15, -0.1) is 0 Å². The van der Waals surface area contributed by atoms with Crippen LogP contribution in [0.3, 0.4) is 0 Å². The zero-order valence-electron chi connectivity index (χ0n) is 2.71. The van der Waals surface area contributed by atoms with E-state index < -0.39 is 25.7 Å². The van der Waals surface area contributed by atoms with Crippen molar-refractivity contribution in [3.63, 3.8) is 0 Å². The summed E-state index contributed by atoms with van der Waals surface area (Å²) in [6.45, 7) is 15.1. The molecule has 0 spiro atoms. The van der Waals surface area contributed by atoms with E-state index in [2.05, 4.69) is 0 Å². The molecule has 0 saturated heterocycles. The van der Waals surface area contributed by atoms with Gasteiger partial charge in [0.25, 0.3) is 0 Å². The Morgan fingerprint density at radius 2 is 1.00 bits per heavy atom. The molecule has 0 aromatic heterocycles. The summed E-state index contributed by atoms with van der Waals surface area (Å²) in [5.74, 6) is 0. The molecule has 0 rings (SSSR count). The second-order valence-electron chi connectivity index (χ2n) is 0.247. The molecule has 0 fully saturated rings. The fraction of sp³-hybridized carbons (Fsp3) is 0. The van der Waals surface area contributed by atoms with E-state index in [0.29, 0.717) is 0 Å². The summed E-state index contributed by atoms with van der Waals surface area (Å²) in [6, 6.07) is 0. The molecule has 0 aromatic carbocycles. The van der Waals surface area contributed by atoms with Gasteiger partial charge in [0.1, 0.15) is 0 Å². The van der Waals surface area contributed by atoms with E-state index in [9.17, 15) is 0 Å². The average Bonchev–Trinajstić information content (AvgIpc) is 0.811. The summed E-state index contributed by atoms with van der Waals surface area (Å²) in [4.78, 5) is 0. The Balaban J connectivity index is 0. The summed E-state index contributed by atoms with van der Waals surface area (Å²) in [6.07, 6.45) is 0. The van der Waals surface area contributed by atoms with Crippen LogP contribution >= 0.6 is 20.4 Å². The van der Waals surface area contributed by atoms with Gasteiger partial charge in [-0.05, 0) is 0 Å². The Labute approximate surface area is 52.5 Å². The minimum atomic E-state index is -2.31. The van der Waals surface area contributed by atoms with Gasteiger partial charge in [-0.25, -0.2) is 0 Å². The Kier molecular flexibility index (Phi) is 12.3. The van der Waals surface area contributed by atoms with Crippen molar-refractivity contribution in [1.82, 2.24) is 0 Å². The first-order valence-corrected chi connectivity index (χ1v) is 14.3. The van der Waals surface area contributed by atoms with Crippen molar-refractivity contribution in [2.75, 3.05) is 0 Å². The number of hydrogen-bond acceptors (Lipinski definition) is 0. The van der Waals surface area contributed by atoms with Gasteiger partial charge in [-0.1, -0.05) is 0 Å². The predicted molar refractivity (Wildman–Crippen MR) is 24.0 cm³/mol. The first-order chi connectivity index (χ1) is 1.73. The quantitative estimate of drug-likeness (QED) is 0.587. The topological polar surface area (TPSA) is 0 Å². The summed E-state index contributed by atoms with van der Waals surface area (Å²) in [7, 11) is 0. The van der Waals surface area contributed by atoms with E-state index in [1.54, 1.807) is 0 Å². The Hall–Kier alpha value is 2.06. The molecule has 4 heteroatoms. The number of halogens is 3. The van der Waals surface area contributed by atoms with Gasteiger partial charge in [0.05, 0.1) is 0 Å². The fourth-order valence-electron chi connectivity index (χ4n) is 0. The molecule has 0 aromatic rings. The van der Waals surface area contributed by atoms with Gasteiger partial charge in [0.15, 0.2) is 0 Å². The zero-order chi connectivity index (χ0) is 3.58. The molecule has 0 amide bonds. The Morgan fingerprint density at radius 1 is 1.00 bits per heavy atom. The van der Waals surface area contributed by atoms with E-state index >= 15 is 0 Å². The van der Waals surface area contributed by atoms with E-state index in [1.165, 1.54) is 0 Å². The van der Waals surface area contributed by atoms with Crippen LogP contribution in [0.2, 0.25) is 0 Å². The van der Waals surface area contributed by atoms with Crippen molar-refractivity contribution in [2.24, 2.45) is 0 Å². The molecule has 32 valence electrons. The van der Waals surface area contributed by atoms with Crippen LogP contribution in [0.4, 0.5) is 0 Å². The van der Waals surface area contributed by atoms with Crippen LogP contribution in [0.15, 0.2) is 0 Å². The first-order valence-electron chi connectivity index (χ1n) is 0.655. The summed E-state index contributed by atoms with van der Waals surface area (Å²) < 4.78 is 0. The van der Waals surface area contributed by atoms with Crippen molar-refractivity contribution in [3.05, 3.63) is 7.43 Å². The molecule has 0 nitrogen and oxygen atoms in total. The van der Waals surface area contributed by atoms with Crippen LogP contribution in [0.25, 0.3) is 0 Å². The van der Waals surface area contributed by atoms with Crippen LogP contribution in [-0.4, -0.2) is 0 Å². The second-order valence-corrected chi connectivity index (χ2v) is 16.2. The van der Waals surface area contributed by atoms with Crippen LogP contribution in [0.5, 0.6) is 0 Å². The molecular formula is CH3Cl3La-. The van der Waals surface area contributed by atoms with Crippen LogP contribution in [0, 0.1) is 33.1 Å². The minimum absolute atomic E-state index is 0. The van der Waals surface area contributed by atoms with Crippen LogP contribution in [0.1, 0.15) is 0 Å². The third kappa shape index (κ3) is 23.5. The van der Waals surface area contributed by atoms with Gasteiger partial charge < -0.3 is 7.43 Å². The molecule has 0 bridgehead atoms. The number of rotatable bonds is 0. The van der Waals surface area contributed by atoms with Crippen LogP contribution < -0.4 is 0 Å². The third-order valence-electron chi connectivity index (χ3n) is 0. The number of hydrogen-bond donors (Lipinski definition) is 0. The standard InChI is InChI=1S/CH3.3ClH.La/h1H3;3*1H;/q-1;;;;+3/p-3. The zero-order valence-corrected chi connectivity index (χ0v) is 8.60. The van der Waals surface area contributed by atoms with Crippen LogP contribution in [-0.2, 0) is 0 Å². The Bertz CT molecular complexity index is 11.6.